The lowest BCUT2D eigenvalue weighted by atomic mass is 9.92. The minimum Gasteiger partial charge on any atom is -0.396 e. The molecule has 0 aliphatic carbocycles. The van der Waals surface area contributed by atoms with E-state index < -0.39 is 0 Å². The maximum Gasteiger partial charge on any atom is 0.239 e. The SMILES string of the molecule is CC1CCCNC1C(=O)N1CCC(CO)C1. The van der Waals surface area contributed by atoms with E-state index in [4.69, 9.17) is 5.11 Å². The van der Waals surface area contributed by atoms with Gasteiger partial charge in [-0.1, -0.05) is 6.92 Å². The second kappa shape index (κ2) is 5.15. The summed E-state index contributed by atoms with van der Waals surface area (Å²) >= 11 is 0. The van der Waals surface area contributed by atoms with E-state index in [1.54, 1.807) is 0 Å². The highest BCUT2D eigenvalue weighted by Gasteiger charge is 2.34. The average Bonchev–Trinajstić information content (AvgIpc) is 2.77. The molecule has 16 heavy (non-hydrogen) atoms. The summed E-state index contributed by atoms with van der Waals surface area (Å²) in [4.78, 5) is 14.2. The lowest BCUT2D eigenvalue weighted by molar-refractivity contribution is -0.134. The summed E-state index contributed by atoms with van der Waals surface area (Å²) in [5.41, 5.74) is 0. The molecule has 0 saturated carbocycles. The van der Waals surface area contributed by atoms with E-state index in [0.29, 0.717) is 11.8 Å². The number of rotatable bonds is 2. The fourth-order valence-electron chi connectivity index (χ4n) is 2.76. The molecule has 0 spiro atoms. The first-order valence-corrected chi connectivity index (χ1v) is 6.35. The smallest absolute Gasteiger partial charge is 0.239 e. The number of aliphatic hydroxyl groups is 1. The van der Waals surface area contributed by atoms with Gasteiger partial charge >= 0.3 is 0 Å². The number of carbonyl (C=O) groups excluding carboxylic acids is 1. The van der Waals surface area contributed by atoms with Crippen LogP contribution in [0.2, 0.25) is 0 Å². The zero-order chi connectivity index (χ0) is 11.5. The summed E-state index contributed by atoms with van der Waals surface area (Å²) in [5, 5.41) is 12.4. The molecule has 1 amide bonds. The lowest BCUT2D eigenvalue weighted by Gasteiger charge is -2.32. The Kier molecular flexibility index (Phi) is 3.82. The van der Waals surface area contributed by atoms with Crippen LogP contribution in [0.3, 0.4) is 0 Å². The number of nitrogens with one attached hydrogen (secondary N) is 1. The summed E-state index contributed by atoms with van der Waals surface area (Å²) in [7, 11) is 0. The molecule has 2 fully saturated rings. The zero-order valence-electron chi connectivity index (χ0n) is 9.98. The van der Waals surface area contributed by atoms with Gasteiger partial charge in [-0.05, 0) is 31.7 Å². The molecule has 0 aromatic heterocycles. The predicted molar refractivity (Wildman–Crippen MR) is 62.0 cm³/mol. The normalized spacial score (nSPS) is 35.4. The number of amides is 1. The van der Waals surface area contributed by atoms with Gasteiger partial charge in [-0.3, -0.25) is 4.79 Å². The van der Waals surface area contributed by atoms with Crippen molar-refractivity contribution in [3.63, 3.8) is 0 Å². The average molecular weight is 226 g/mol. The third-order valence-corrected chi connectivity index (χ3v) is 3.89. The van der Waals surface area contributed by atoms with Gasteiger partial charge in [0, 0.05) is 25.6 Å². The van der Waals surface area contributed by atoms with Gasteiger partial charge < -0.3 is 15.3 Å². The molecule has 0 aromatic carbocycles. The molecule has 2 aliphatic heterocycles. The van der Waals surface area contributed by atoms with Crippen molar-refractivity contribution in [2.45, 2.75) is 32.2 Å². The highest BCUT2D eigenvalue weighted by atomic mass is 16.3. The molecule has 0 bridgehead atoms. The van der Waals surface area contributed by atoms with E-state index in [1.807, 2.05) is 4.90 Å². The number of aliphatic hydroxyl groups excluding tert-OH is 1. The summed E-state index contributed by atoms with van der Waals surface area (Å²) in [6.07, 6.45) is 3.26. The highest BCUT2D eigenvalue weighted by molar-refractivity contribution is 5.82. The number of nitrogens with zero attached hydrogens (tertiary/aromatic N) is 1. The highest BCUT2D eigenvalue weighted by Crippen LogP contribution is 2.21. The molecule has 0 radical (unpaired) electrons. The van der Waals surface area contributed by atoms with Gasteiger partial charge in [-0.25, -0.2) is 0 Å². The second-order valence-corrected chi connectivity index (χ2v) is 5.17. The van der Waals surface area contributed by atoms with Gasteiger partial charge in [0.2, 0.25) is 5.91 Å². The van der Waals surface area contributed by atoms with Crippen molar-refractivity contribution in [1.82, 2.24) is 10.2 Å². The quantitative estimate of drug-likeness (QED) is 0.708. The van der Waals surface area contributed by atoms with Crippen molar-refractivity contribution >= 4 is 5.91 Å². The molecule has 0 aromatic rings. The first-order chi connectivity index (χ1) is 7.72. The minimum atomic E-state index is 0.00573. The third-order valence-electron chi connectivity index (χ3n) is 3.89. The monoisotopic (exact) mass is 226 g/mol. The Labute approximate surface area is 97.0 Å². The first kappa shape index (κ1) is 11.9. The Morgan fingerprint density at radius 1 is 1.50 bits per heavy atom. The molecular formula is C12H22N2O2. The van der Waals surface area contributed by atoms with Gasteiger partial charge in [0.1, 0.15) is 0 Å². The minimum absolute atomic E-state index is 0.00573. The van der Waals surface area contributed by atoms with E-state index in [-0.39, 0.29) is 18.6 Å². The summed E-state index contributed by atoms with van der Waals surface area (Å²) in [5.74, 6) is 0.973. The van der Waals surface area contributed by atoms with E-state index in [0.717, 1.165) is 32.5 Å². The third kappa shape index (κ3) is 2.38. The molecule has 4 heteroatoms. The summed E-state index contributed by atoms with van der Waals surface area (Å²) in [6.45, 7) is 4.86. The summed E-state index contributed by atoms with van der Waals surface area (Å²) < 4.78 is 0. The van der Waals surface area contributed by atoms with Crippen molar-refractivity contribution in [2.24, 2.45) is 11.8 Å². The maximum absolute atomic E-state index is 12.3. The molecule has 4 nitrogen and oxygen atoms in total. The van der Waals surface area contributed by atoms with E-state index in [1.165, 1.54) is 6.42 Å². The fourth-order valence-corrected chi connectivity index (χ4v) is 2.76. The topological polar surface area (TPSA) is 52.6 Å². The van der Waals surface area contributed by atoms with E-state index >= 15 is 0 Å². The van der Waals surface area contributed by atoms with Crippen LogP contribution in [0, 0.1) is 11.8 Å². The van der Waals surface area contributed by atoms with Crippen molar-refractivity contribution in [3.8, 4) is 0 Å². The van der Waals surface area contributed by atoms with Gasteiger partial charge in [0.15, 0.2) is 0 Å². The molecule has 2 N–H and O–H groups in total. The van der Waals surface area contributed by atoms with Crippen LogP contribution in [-0.4, -0.2) is 48.2 Å². The van der Waals surface area contributed by atoms with Crippen molar-refractivity contribution in [3.05, 3.63) is 0 Å². The fraction of sp³-hybridized carbons (Fsp3) is 0.917. The van der Waals surface area contributed by atoms with Crippen LogP contribution >= 0.6 is 0 Å². The van der Waals surface area contributed by atoms with Crippen LogP contribution in [0.15, 0.2) is 0 Å². The Bertz CT molecular complexity index is 257. The van der Waals surface area contributed by atoms with E-state index in [2.05, 4.69) is 12.2 Å². The molecule has 3 unspecified atom stereocenters. The number of piperidine rings is 1. The van der Waals surface area contributed by atoms with Crippen LogP contribution in [0.1, 0.15) is 26.2 Å². The number of likely N-dealkylation sites (tertiary alicyclic amines) is 1. The van der Waals surface area contributed by atoms with Crippen LogP contribution in [-0.2, 0) is 4.79 Å². The van der Waals surface area contributed by atoms with Crippen LogP contribution in [0.5, 0.6) is 0 Å². The zero-order valence-corrected chi connectivity index (χ0v) is 9.98. The largest absolute Gasteiger partial charge is 0.396 e. The number of hydrogen-bond donors (Lipinski definition) is 2. The van der Waals surface area contributed by atoms with Crippen molar-refractivity contribution in [1.29, 1.82) is 0 Å². The Balaban J connectivity index is 1.91. The summed E-state index contributed by atoms with van der Waals surface area (Å²) in [6, 6.07) is 0.00573. The standard InChI is InChI=1S/C12H22N2O2/c1-9-3-2-5-13-11(9)12(16)14-6-4-10(7-14)8-15/h9-11,13,15H,2-8H2,1H3. The Morgan fingerprint density at radius 2 is 2.31 bits per heavy atom. The second-order valence-electron chi connectivity index (χ2n) is 5.17. The Morgan fingerprint density at radius 3 is 2.94 bits per heavy atom. The van der Waals surface area contributed by atoms with Crippen LogP contribution < -0.4 is 5.32 Å². The molecule has 3 atom stereocenters. The molecule has 2 saturated heterocycles. The van der Waals surface area contributed by atoms with Gasteiger partial charge in [-0.2, -0.15) is 0 Å². The van der Waals surface area contributed by atoms with Gasteiger partial charge in [0.05, 0.1) is 6.04 Å². The van der Waals surface area contributed by atoms with Gasteiger partial charge in [0.25, 0.3) is 0 Å². The molecule has 2 rings (SSSR count). The molecule has 92 valence electrons. The predicted octanol–water partition coefficient (Wildman–Crippen LogP) is 0.215. The lowest BCUT2D eigenvalue weighted by Crippen LogP contribution is -2.51. The first-order valence-electron chi connectivity index (χ1n) is 6.35. The van der Waals surface area contributed by atoms with Crippen molar-refractivity contribution < 1.29 is 9.90 Å². The maximum atomic E-state index is 12.3. The number of hydrogen-bond acceptors (Lipinski definition) is 3. The molecule has 2 aliphatic rings. The molecule has 2 heterocycles. The van der Waals surface area contributed by atoms with E-state index in [9.17, 15) is 4.79 Å². The Hall–Kier alpha value is -0.610. The van der Waals surface area contributed by atoms with Crippen LogP contribution in [0.4, 0.5) is 0 Å². The van der Waals surface area contributed by atoms with Crippen LogP contribution in [0.25, 0.3) is 0 Å². The van der Waals surface area contributed by atoms with Gasteiger partial charge in [-0.15, -0.1) is 0 Å². The van der Waals surface area contributed by atoms with Crippen molar-refractivity contribution in [2.75, 3.05) is 26.2 Å². The number of carbonyl (C=O) groups is 1. The molecular weight excluding hydrogens is 204 g/mol.